The topological polar surface area (TPSA) is 69.5 Å². The van der Waals surface area contributed by atoms with E-state index in [1.807, 2.05) is 13.1 Å². The zero-order valence-corrected chi connectivity index (χ0v) is 16.6. The molecule has 0 saturated heterocycles. The van der Waals surface area contributed by atoms with Gasteiger partial charge in [-0.1, -0.05) is 6.07 Å². The molecule has 7 nitrogen and oxygen atoms in total. The first-order valence-electron chi connectivity index (χ1n) is 9.53. The van der Waals surface area contributed by atoms with Crippen molar-refractivity contribution >= 4 is 5.91 Å². The van der Waals surface area contributed by atoms with Crippen LogP contribution in [0, 0.1) is 0 Å². The van der Waals surface area contributed by atoms with Gasteiger partial charge in [-0.2, -0.15) is 5.10 Å². The molecule has 1 aromatic carbocycles. The first-order chi connectivity index (χ1) is 14.8. The van der Waals surface area contributed by atoms with E-state index in [0.29, 0.717) is 25.4 Å². The minimum Gasteiger partial charge on any atom is -0.471 e. The van der Waals surface area contributed by atoms with Gasteiger partial charge in [-0.25, -0.2) is 4.98 Å². The second kappa shape index (κ2) is 8.29. The monoisotopic (exact) mass is 432 g/mol. The Morgan fingerprint density at radius 1 is 1.16 bits per heavy atom. The predicted octanol–water partition coefficient (Wildman–Crippen LogP) is 3.49. The van der Waals surface area contributed by atoms with E-state index in [4.69, 9.17) is 4.74 Å². The highest BCUT2D eigenvalue weighted by molar-refractivity contribution is 5.94. The van der Waals surface area contributed by atoms with E-state index in [1.165, 1.54) is 12.1 Å². The highest BCUT2D eigenvalue weighted by Gasteiger charge is 2.31. The Kier molecular flexibility index (Phi) is 5.53. The molecule has 0 bridgehead atoms. The van der Waals surface area contributed by atoms with Gasteiger partial charge in [0.15, 0.2) is 0 Å². The Hall–Kier alpha value is -3.56. The van der Waals surface area contributed by atoms with Gasteiger partial charge in [0.25, 0.3) is 5.91 Å². The minimum atomic E-state index is -4.77. The van der Waals surface area contributed by atoms with E-state index in [-0.39, 0.29) is 23.8 Å². The second-order valence-electron chi connectivity index (χ2n) is 7.00. The molecule has 2 aromatic heterocycles. The molecule has 0 atom stereocenters. The third kappa shape index (κ3) is 4.79. The van der Waals surface area contributed by atoms with Gasteiger partial charge in [0.1, 0.15) is 18.1 Å². The van der Waals surface area contributed by atoms with Crippen molar-refractivity contribution in [2.24, 2.45) is 7.05 Å². The summed E-state index contributed by atoms with van der Waals surface area (Å²) in [6, 6.07) is 10.3. The number of hydrogen-bond acceptors (Lipinski definition) is 5. The molecule has 0 unspecified atom stereocenters. The summed E-state index contributed by atoms with van der Waals surface area (Å²) in [6.07, 6.45) is -2.53. The SMILES string of the molecule is Cn1nc(COc2ccccn2)c2c1CCN(C(=O)c1ccc(OC(F)(F)F)cc1)C2. The summed E-state index contributed by atoms with van der Waals surface area (Å²) >= 11 is 0. The molecular formula is C21H19F3N4O3. The number of alkyl halides is 3. The maximum absolute atomic E-state index is 12.9. The number of nitrogens with zero attached hydrogens (tertiary/aromatic N) is 4. The average molecular weight is 432 g/mol. The van der Waals surface area contributed by atoms with Gasteiger partial charge in [0.2, 0.25) is 5.88 Å². The number of benzene rings is 1. The van der Waals surface area contributed by atoms with Gasteiger partial charge >= 0.3 is 6.36 Å². The molecular weight excluding hydrogens is 413 g/mol. The lowest BCUT2D eigenvalue weighted by atomic mass is 10.0. The number of hydrogen-bond donors (Lipinski definition) is 0. The van der Waals surface area contributed by atoms with Crippen LogP contribution in [0.4, 0.5) is 13.2 Å². The summed E-state index contributed by atoms with van der Waals surface area (Å²) in [5.41, 5.74) is 2.94. The zero-order valence-electron chi connectivity index (χ0n) is 16.6. The molecule has 0 radical (unpaired) electrons. The average Bonchev–Trinajstić information content (AvgIpc) is 3.07. The van der Waals surface area contributed by atoms with Crippen LogP contribution in [0.15, 0.2) is 48.7 Å². The molecule has 10 heteroatoms. The summed E-state index contributed by atoms with van der Waals surface area (Å²) < 4.78 is 48.3. The van der Waals surface area contributed by atoms with Crippen molar-refractivity contribution in [3.63, 3.8) is 0 Å². The molecule has 1 aliphatic heterocycles. The fraction of sp³-hybridized carbons (Fsp3) is 0.286. The maximum atomic E-state index is 12.9. The van der Waals surface area contributed by atoms with Crippen molar-refractivity contribution in [2.45, 2.75) is 25.9 Å². The van der Waals surface area contributed by atoms with Crippen LogP contribution in [0.1, 0.15) is 27.3 Å². The van der Waals surface area contributed by atoms with Crippen LogP contribution in [0.2, 0.25) is 0 Å². The Bertz CT molecular complexity index is 1070. The highest BCUT2D eigenvalue weighted by atomic mass is 19.4. The molecule has 0 spiro atoms. The summed E-state index contributed by atoms with van der Waals surface area (Å²) in [5, 5.41) is 4.52. The van der Waals surface area contributed by atoms with Gasteiger partial charge in [-0.05, 0) is 30.3 Å². The molecule has 162 valence electrons. The summed E-state index contributed by atoms with van der Waals surface area (Å²) in [5.74, 6) is -0.164. The third-order valence-electron chi connectivity index (χ3n) is 4.94. The number of carbonyl (C=O) groups is 1. The Morgan fingerprint density at radius 3 is 2.61 bits per heavy atom. The van der Waals surface area contributed by atoms with Crippen LogP contribution in [0.5, 0.6) is 11.6 Å². The Balaban J connectivity index is 1.47. The second-order valence-corrected chi connectivity index (χ2v) is 7.00. The molecule has 0 aliphatic carbocycles. The van der Waals surface area contributed by atoms with E-state index in [9.17, 15) is 18.0 Å². The van der Waals surface area contributed by atoms with E-state index >= 15 is 0 Å². The molecule has 0 fully saturated rings. The number of aromatic nitrogens is 3. The number of amides is 1. The third-order valence-corrected chi connectivity index (χ3v) is 4.94. The van der Waals surface area contributed by atoms with Crippen LogP contribution in [0.25, 0.3) is 0 Å². The fourth-order valence-corrected chi connectivity index (χ4v) is 3.52. The fourth-order valence-electron chi connectivity index (χ4n) is 3.52. The van der Waals surface area contributed by atoms with Crippen molar-refractivity contribution < 1.29 is 27.4 Å². The first-order valence-corrected chi connectivity index (χ1v) is 9.53. The lowest BCUT2D eigenvalue weighted by Gasteiger charge is -2.28. The van der Waals surface area contributed by atoms with Gasteiger partial charge in [-0.3, -0.25) is 9.48 Å². The molecule has 1 aliphatic rings. The van der Waals surface area contributed by atoms with Crippen molar-refractivity contribution in [3.8, 4) is 11.6 Å². The molecule has 1 amide bonds. The number of carbonyl (C=O) groups excluding carboxylic acids is 1. The van der Waals surface area contributed by atoms with E-state index in [1.54, 1.807) is 27.9 Å². The quantitative estimate of drug-likeness (QED) is 0.618. The van der Waals surface area contributed by atoms with Crippen LogP contribution < -0.4 is 9.47 Å². The number of rotatable bonds is 5. The number of fused-ring (bicyclic) bond motifs is 1. The Morgan fingerprint density at radius 2 is 1.94 bits per heavy atom. The van der Waals surface area contributed by atoms with Crippen LogP contribution in [-0.2, 0) is 26.6 Å². The molecule has 3 heterocycles. The minimum absolute atomic E-state index is 0.214. The molecule has 31 heavy (non-hydrogen) atoms. The summed E-state index contributed by atoms with van der Waals surface area (Å²) in [4.78, 5) is 18.7. The molecule has 4 rings (SSSR count). The number of ether oxygens (including phenoxy) is 2. The van der Waals surface area contributed by atoms with Crippen molar-refractivity contribution in [2.75, 3.05) is 6.54 Å². The standard InChI is InChI=1S/C21H19F3N4O3/c1-27-18-9-11-28(20(29)14-5-7-15(8-6-14)31-21(22,23)24)12-16(18)17(26-27)13-30-19-4-2-3-10-25-19/h2-8,10H,9,11-13H2,1H3. The van der Waals surface area contributed by atoms with E-state index < -0.39 is 6.36 Å². The van der Waals surface area contributed by atoms with Crippen LogP contribution in [-0.4, -0.2) is 38.5 Å². The smallest absolute Gasteiger partial charge is 0.471 e. The maximum Gasteiger partial charge on any atom is 0.573 e. The largest absolute Gasteiger partial charge is 0.573 e. The van der Waals surface area contributed by atoms with E-state index in [2.05, 4.69) is 14.8 Å². The Labute approximate surface area is 176 Å². The summed E-state index contributed by atoms with van der Waals surface area (Å²) in [6.45, 7) is 1.03. The van der Waals surface area contributed by atoms with Gasteiger partial charge in [0.05, 0.1) is 0 Å². The normalized spacial score (nSPS) is 13.6. The van der Waals surface area contributed by atoms with Crippen LogP contribution >= 0.6 is 0 Å². The van der Waals surface area contributed by atoms with Gasteiger partial charge < -0.3 is 14.4 Å². The molecule has 0 N–H and O–H groups in total. The summed E-state index contributed by atoms with van der Waals surface area (Å²) in [7, 11) is 1.85. The number of halogens is 3. The van der Waals surface area contributed by atoms with Gasteiger partial charge in [0, 0.05) is 55.6 Å². The van der Waals surface area contributed by atoms with Gasteiger partial charge in [-0.15, -0.1) is 13.2 Å². The van der Waals surface area contributed by atoms with E-state index in [0.717, 1.165) is 29.1 Å². The highest BCUT2D eigenvalue weighted by Crippen LogP contribution is 2.26. The molecule has 0 saturated carbocycles. The molecule has 3 aromatic rings. The number of aryl methyl sites for hydroxylation is 1. The van der Waals surface area contributed by atoms with Crippen molar-refractivity contribution in [1.29, 1.82) is 0 Å². The van der Waals surface area contributed by atoms with Crippen LogP contribution in [0.3, 0.4) is 0 Å². The first kappa shape index (κ1) is 20.7. The van der Waals surface area contributed by atoms with Crippen molar-refractivity contribution in [3.05, 3.63) is 71.2 Å². The number of pyridine rings is 1. The predicted molar refractivity (Wildman–Crippen MR) is 103 cm³/mol. The lowest BCUT2D eigenvalue weighted by molar-refractivity contribution is -0.274. The van der Waals surface area contributed by atoms with Crippen molar-refractivity contribution in [1.82, 2.24) is 19.7 Å². The zero-order chi connectivity index (χ0) is 22.0. The lowest BCUT2D eigenvalue weighted by Crippen LogP contribution is -2.36.